The van der Waals surface area contributed by atoms with Crippen molar-refractivity contribution in [3.05, 3.63) is 77.9 Å². The Morgan fingerprint density at radius 1 is 1.00 bits per heavy atom. The summed E-state index contributed by atoms with van der Waals surface area (Å²) >= 11 is 1.68. The van der Waals surface area contributed by atoms with Crippen molar-refractivity contribution in [3.63, 3.8) is 0 Å². The van der Waals surface area contributed by atoms with Crippen molar-refractivity contribution in [2.45, 2.75) is 11.5 Å². The number of esters is 1. The zero-order chi connectivity index (χ0) is 18.4. The Kier molecular flexibility index (Phi) is 5.97. The van der Waals surface area contributed by atoms with Crippen LogP contribution < -0.4 is 4.74 Å². The number of thioether (sulfide) groups is 1. The first-order valence-electron chi connectivity index (χ1n) is 8.23. The molecule has 4 heteroatoms. The second kappa shape index (κ2) is 8.59. The van der Waals surface area contributed by atoms with Crippen molar-refractivity contribution in [1.82, 2.24) is 0 Å². The number of carbonyl (C=O) groups is 1. The second-order valence-corrected chi connectivity index (χ2v) is 6.64. The highest BCUT2D eigenvalue weighted by molar-refractivity contribution is 7.98. The van der Waals surface area contributed by atoms with E-state index in [1.54, 1.807) is 24.9 Å². The van der Waals surface area contributed by atoms with Gasteiger partial charge in [0, 0.05) is 11.0 Å². The number of fused-ring (bicyclic) bond motifs is 1. The zero-order valence-electron chi connectivity index (χ0n) is 14.8. The van der Waals surface area contributed by atoms with Crippen molar-refractivity contribution < 1.29 is 14.3 Å². The molecule has 0 unspecified atom stereocenters. The maximum absolute atomic E-state index is 11.9. The van der Waals surface area contributed by atoms with Crippen LogP contribution in [0.2, 0.25) is 0 Å². The van der Waals surface area contributed by atoms with E-state index < -0.39 is 0 Å². The molecule has 0 spiro atoms. The van der Waals surface area contributed by atoms with Gasteiger partial charge >= 0.3 is 5.97 Å². The van der Waals surface area contributed by atoms with E-state index in [2.05, 4.69) is 0 Å². The van der Waals surface area contributed by atoms with Crippen LogP contribution in [0, 0.1) is 0 Å². The standard InChI is InChI=1S/C22H20O3S/c1-24-20-9-8-18-13-16(3-7-19(18)14-20)6-12-22(23)25-15-17-4-10-21(26-2)11-5-17/h3-14H,15H2,1-2H3/b12-6+. The van der Waals surface area contributed by atoms with E-state index in [4.69, 9.17) is 9.47 Å². The maximum atomic E-state index is 11.9. The van der Waals surface area contributed by atoms with Gasteiger partial charge in [0.2, 0.25) is 0 Å². The predicted octanol–water partition coefficient (Wildman–Crippen LogP) is 5.33. The minimum Gasteiger partial charge on any atom is -0.497 e. The third-order valence-electron chi connectivity index (χ3n) is 4.02. The molecule has 3 rings (SSSR count). The average molecular weight is 364 g/mol. The van der Waals surface area contributed by atoms with Crippen LogP contribution in [0.25, 0.3) is 16.8 Å². The summed E-state index contributed by atoms with van der Waals surface area (Å²) in [6.45, 7) is 0.273. The molecule has 0 bridgehead atoms. The van der Waals surface area contributed by atoms with E-state index in [0.29, 0.717) is 0 Å². The normalized spacial score (nSPS) is 11.0. The minimum absolute atomic E-state index is 0.273. The Bertz CT molecular complexity index is 930. The van der Waals surface area contributed by atoms with Crippen LogP contribution in [-0.2, 0) is 16.1 Å². The molecule has 0 aromatic heterocycles. The highest BCUT2D eigenvalue weighted by atomic mass is 32.2. The van der Waals surface area contributed by atoms with Crippen molar-refractivity contribution in [3.8, 4) is 5.75 Å². The van der Waals surface area contributed by atoms with Gasteiger partial charge in [-0.2, -0.15) is 0 Å². The highest BCUT2D eigenvalue weighted by Crippen LogP contribution is 2.22. The van der Waals surface area contributed by atoms with Gasteiger partial charge in [0.25, 0.3) is 0 Å². The number of methoxy groups -OCH3 is 1. The number of ether oxygens (including phenoxy) is 2. The molecule has 0 fully saturated rings. The van der Waals surface area contributed by atoms with E-state index in [0.717, 1.165) is 27.6 Å². The molecule has 3 aromatic rings. The first kappa shape index (κ1) is 18.1. The molecule has 0 saturated carbocycles. The first-order chi connectivity index (χ1) is 12.7. The van der Waals surface area contributed by atoms with E-state index in [9.17, 15) is 4.79 Å². The van der Waals surface area contributed by atoms with Crippen LogP contribution >= 0.6 is 11.8 Å². The monoisotopic (exact) mass is 364 g/mol. The third kappa shape index (κ3) is 4.67. The van der Waals surface area contributed by atoms with Gasteiger partial charge in [-0.25, -0.2) is 4.79 Å². The quantitative estimate of drug-likeness (QED) is 0.337. The molecule has 0 radical (unpaired) electrons. The molecule has 0 aliphatic carbocycles. The molecule has 0 aliphatic rings. The number of carbonyl (C=O) groups excluding carboxylic acids is 1. The zero-order valence-corrected chi connectivity index (χ0v) is 15.6. The summed E-state index contributed by atoms with van der Waals surface area (Å²) in [5.74, 6) is 0.476. The van der Waals surface area contributed by atoms with E-state index >= 15 is 0 Å². The summed E-state index contributed by atoms with van der Waals surface area (Å²) in [7, 11) is 1.65. The number of benzene rings is 3. The lowest BCUT2D eigenvalue weighted by Gasteiger charge is -2.04. The van der Waals surface area contributed by atoms with Crippen LogP contribution in [0.5, 0.6) is 5.75 Å². The van der Waals surface area contributed by atoms with Gasteiger partial charge in [0.15, 0.2) is 0 Å². The van der Waals surface area contributed by atoms with Gasteiger partial charge in [-0.1, -0.05) is 30.3 Å². The molecule has 3 nitrogen and oxygen atoms in total. The van der Waals surface area contributed by atoms with Gasteiger partial charge in [-0.05, 0) is 64.6 Å². The fourth-order valence-corrected chi connectivity index (χ4v) is 2.97. The molecule has 0 saturated heterocycles. The van der Waals surface area contributed by atoms with E-state index in [1.807, 2.05) is 66.9 Å². The average Bonchev–Trinajstić information content (AvgIpc) is 2.70. The van der Waals surface area contributed by atoms with Gasteiger partial charge in [0.1, 0.15) is 12.4 Å². The van der Waals surface area contributed by atoms with E-state index in [1.165, 1.54) is 11.0 Å². The summed E-state index contributed by atoms with van der Waals surface area (Å²) in [5, 5.41) is 2.19. The molecule has 0 atom stereocenters. The Labute approximate surface area is 157 Å². The van der Waals surface area contributed by atoms with Crippen molar-refractivity contribution in [1.29, 1.82) is 0 Å². The number of hydrogen-bond acceptors (Lipinski definition) is 4. The molecule has 0 N–H and O–H groups in total. The topological polar surface area (TPSA) is 35.5 Å². The molecule has 0 aliphatic heterocycles. The first-order valence-corrected chi connectivity index (χ1v) is 9.46. The Balaban J connectivity index is 1.61. The number of hydrogen-bond donors (Lipinski definition) is 0. The van der Waals surface area contributed by atoms with Crippen LogP contribution in [0.3, 0.4) is 0 Å². The molecule has 26 heavy (non-hydrogen) atoms. The molecule has 132 valence electrons. The molecular formula is C22H20O3S. The smallest absolute Gasteiger partial charge is 0.331 e. The van der Waals surface area contributed by atoms with Gasteiger partial charge in [-0.3, -0.25) is 0 Å². The highest BCUT2D eigenvalue weighted by Gasteiger charge is 2.01. The van der Waals surface area contributed by atoms with Crippen molar-refractivity contribution in [2.75, 3.05) is 13.4 Å². The summed E-state index contributed by atoms with van der Waals surface area (Å²) in [4.78, 5) is 13.1. The lowest BCUT2D eigenvalue weighted by Crippen LogP contribution is -2.00. The summed E-state index contributed by atoms with van der Waals surface area (Å²) < 4.78 is 10.5. The lowest BCUT2D eigenvalue weighted by atomic mass is 10.1. The number of rotatable bonds is 6. The lowest BCUT2D eigenvalue weighted by molar-refractivity contribution is -0.138. The molecule has 0 heterocycles. The SMILES string of the molecule is COc1ccc2cc(/C=C/C(=O)OCc3ccc(SC)cc3)ccc2c1. The van der Waals surface area contributed by atoms with Crippen LogP contribution in [0.15, 0.2) is 71.6 Å². The van der Waals surface area contributed by atoms with Crippen molar-refractivity contribution in [2.24, 2.45) is 0 Å². The summed E-state index contributed by atoms with van der Waals surface area (Å²) in [6, 6.07) is 19.9. The second-order valence-electron chi connectivity index (χ2n) is 5.76. The summed E-state index contributed by atoms with van der Waals surface area (Å²) in [6.07, 6.45) is 5.26. The fraction of sp³-hybridized carbons (Fsp3) is 0.136. The van der Waals surface area contributed by atoms with Crippen LogP contribution in [0.1, 0.15) is 11.1 Å². The van der Waals surface area contributed by atoms with Crippen LogP contribution in [0.4, 0.5) is 0 Å². The van der Waals surface area contributed by atoms with Gasteiger partial charge in [-0.15, -0.1) is 11.8 Å². The Hall–Kier alpha value is -2.72. The summed E-state index contributed by atoms with van der Waals surface area (Å²) in [5.41, 5.74) is 1.92. The van der Waals surface area contributed by atoms with Gasteiger partial charge in [0.05, 0.1) is 7.11 Å². The minimum atomic E-state index is -0.353. The Morgan fingerprint density at radius 3 is 2.46 bits per heavy atom. The predicted molar refractivity (Wildman–Crippen MR) is 108 cm³/mol. The third-order valence-corrected chi connectivity index (χ3v) is 4.77. The molecular weight excluding hydrogens is 344 g/mol. The van der Waals surface area contributed by atoms with Crippen LogP contribution in [-0.4, -0.2) is 19.3 Å². The van der Waals surface area contributed by atoms with Crippen molar-refractivity contribution >= 4 is 34.6 Å². The molecule has 0 amide bonds. The largest absolute Gasteiger partial charge is 0.497 e. The van der Waals surface area contributed by atoms with E-state index in [-0.39, 0.29) is 12.6 Å². The Morgan fingerprint density at radius 2 is 1.73 bits per heavy atom. The van der Waals surface area contributed by atoms with Gasteiger partial charge < -0.3 is 9.47 Å². The molecule has 3 aromatic carbocycles. The fourth-order valence-electron chi connectivity index (χ4n) is 2.56. The maximum Gasteiger partial charge on any atom is 0.331 e.